The number of rotatable bonds is 1. The van der Waals surface area contributed by atoms with Gasteiger partial charge in [-0.25, -0.2) is 0 Å². The van der Waals surface area contributed by atoms with E-state index in [0.717, 1.165) is 22.1 Å². The molecule has 1 heterocycles. The molecular weight excluding hydrogens is 312 g/mol. The normalized spacial score (nSPS) is 18.6. The highest BCUT2D eigenvalue weighted by Crippen LogP contribution is 2.37. The topological polar surface area (TPSA) is 13.1 Å². The Bertz CT molecular complexity index is 854. The third-order valence-electron chi connectivity index (χ3n) is 3.89. The lowest BCUT2D eigenvalue weighted by Crippen LogP contribution is -1.97. The molecule has 0 radical (unpaired) electrons. The summed E-state index contributed by atoms with van der Waals surface area (Å²) in [5, 5.41) is 2.40. The summed E-state index contributed by atoms with van der Waals surface area (Å²) in [4.78, 5) is 0. The lowest BCUT2D eigenvalue weighted by molar-refractivity contribution is 0.657. The second kappa shape index (κ2) is 4.64. The fourth-order valence-corrected chi connectivity index (χ4v) is 3.23. The van der Waals surface area contributed by atoms with Crippen molar-refractivity contribution in [2.75, 3.05) is 0 Å². The van der Waals surface area contributed by atoms with Crippen LogP contribution in [-0.2, 0) is 0 Å². The largest absolute Gasteiger partial charge is 0.456 e. The molecule has 20 heavy (non-hydrogen) atoms. The number of halogens is 1. The second-order valence-electron chi connectivity index (χ2n) is 5.11. The molecule has 0 saturated heterocycles. The number of hydrogen-bond acceptors (Lipinski definition) is 1. The second-order valence-corrected chi connectivity index (χ2v) is 6.03. The van der Waals surface area contributed by atoms with Crippen molar-refractivity contribution in [1.82, 2.24) is 0 Å². The van der Waals surface area contributed by atoms with Crippen LogP contribution in [0.2, 0.25) is 0 Å². The Kier molecular flexibility index (Phi) is 2.78. The summed E-state index contributed by atoms with van der Waals surface area (Å²) in [7, 11) is 0. The Morgan fingerprint density at radius 2 is 1.85 bits per heavy atom. The van der Waals surface area contributed by atoms with Gasteiger partial charge in [0.1, 0.15) is 11.2 Å². The molecule has 4 rings (SSSR count). The van der Waals surface area contributed by atoms with Crippen LogP contribution >= 0.6 is 15.9 Å². The lowest BCUT2D eigenvalue weighted by atomic mass is 9.91. The molecule has 1 atom stereocenters. The van der Waals surface area contributed by atoms with Crippen molar-refractivity contribution in [2.45, 2.75) is 12.3 Å². The van der Waals surface area contributed by atoms with Gasteiger partial charge < -0.3 is 4.42 Å². The molecular formula is C18H13BrO. The van der Waals surface area contributed by atoms with Crippen molar-refractivity contribution >= 4 is 37.9 Å². The summed E-state index contributed by atoms with van der Waals surface area (Å²) in [6.45, 7) is 0. The first-order chi connectivity index (χ1) is 9.83. The van der Waals surface area contributed by atoms with Gasteiger partial charge in [0.25, 0.3) is 0 Å². The van der Waals surface area contributed by atoms with Gasteiger partial charge in [0.05, 0.1) is 0 Å². The summed E-state index contributed by atoms with van der Waals surface area (Å²) < 4.78 is 7.26. The average Bonchev–Trinajstić information content (AvgIpc) is 2.87. The minimum Gasteiger partial charge on any atom is -0.456 e. The summed E-state index contributed by atoms with van der Waals surface area (Å²) in [6.07, 6.45) is 7.58. The summed E-state index contributed by atoms with van der Waals surface area (Å²) >= 11 is 3.52. The van der Waals surface area contributed by atoms with Crippen molar-refractivity contribution in [2.24, 2.45) is 0 Å². The third-order valence-corrected chi connectivity index (χ3v) is 4.48. The Morgan fingerprint density at radius 3 is 2.70 bits per heavy atom. The van der Waals surface area contributed by atoms with E-state index in [1.54, 1.807) is 0 Å². The van der Waals surface area contributed by atoms with Crippen LogP contribution in [0.15, 0.2) is 69.6 Å². The van der Waals surface area contributed by atoms with Crippen molar-refractivity contribution in [3.05, 3.63) is 70.7 Å². The predicted molar refractivity (Wildman–Crippen MR) is 87.2 cm³/mol. The zero-order valence-corrected chi connectivity index (χ0v) is 12.4. The molecule has 1 unspecified atom stereocenters. The van der Waals surface area contributed by atoms with Gasteiger partial charge in [0.15, 0.2) is 0 Å². The van der Waals surface area contributed by atoms with Gasteiger partial charge in [-0.3, -0.25) is 0 Å². The Labute approximate surface area is 125 Å². The molecule has 1 nitrogen and oxygen atoms in total. The number of para-hydroxylation sites is 2. The molecule has 1 aliphatic rings. The Hall–Kier alpha value is -1.80. The predicted octanol–water partition coefficient (Wildman–Crippen LogP) is 5.91. The first kappa shape index (κ1) is 12.0. The molecule has 2 aromatic carbocycles. The van der Waals surface area contributed by atoms with Gasteiger partial charge in [-0.05, 0) is 12.5 Å². The zero-order chi connectivity index (χ0) is 13.5. The van der Waals surface area contributed by atoms with E-state index >= 15 is 0 Å². The maximum Gasteiger partial charge on any atom is 0.139 e. The molecule has 0 N–H and O–H groups in total. The minimum absolute atomic E-state index is 0.389. The fourth-order valence-electron chi connectivity index (χ4n) is 2.89. The maximum absolute atomic E-state index is 6.10. The molecule has 0 fully saturated rings. The molecule has 0 saturated carbocycles. The van der Waals surface area contributed by atoms with Crippen LogP contribution in [0, 0.1) is 0 Å². The van der Waals surface area contributed by atoms with Crippen LogP contribution in [0.5, 0.6) is 0 Å². The molecule has 3 aromatic rings. The summed E-state index contributed by atoms with van der Waals surface area (Å²) in [6, 6.07) is 14.7. The highest BCUT2D eigenvalue weighted by Gasteiger charge is 2.17. The van der Waals surface area contributed by atoms with E-state index in [1.165, 1.54) is 16.3 Å². The van der Waals surface area contributed by atoms with Crippen molar-refractivity contribution in [1.29, 1.82) is 0 Å². The van der Waals surface area contributed by atoms with E-state index < -0.39 is 0 Å². The average molecular weight is 325 g/mol. The maximum atomic E-state index is 6.10. The van der Waals surface area contributed by atoms with Gasteiger partial charge >= 0.3 is 0 Å². The molecule has 98 valence electrons. The van der Waals surface area contributed by atoms with E-state index in [2.05, 4.69) is 64.5 Å². The van der Waals surface area contributed by atoms with Gasteiger partial charge in [0, 0.05) is 26.7 Å². The zero-order valence-electron chi connectivity index (χ0n) is 10.8. The van der Waals surface area contributed by atoms with Crippen molar-refractivity contribution < 1.29 is 4.42 Å². The summed E-state index contributed by atoms with van der Waals surface area (Å²) in [5.74, 6) is 0.389. The van der Waals surface area contributed by atoms with Crippen LogP contribution in [0.25, 0.3) is 21.9 Å². The van der Waals surface area contributed by atoms with Crippen LogP contribution in [0.1, 0.15) is 17.9 Å². The molecule has 2 heteroatoms. The van der Waals surface area contributed by atoms with Crippen LogP contribution in [0.3, 0.4) is 0 Å². The quantitative estimate of drug-likeness (QED) is 0.542. The van der Waals surface area contributed by atoms with Gasteiger partial charge in [-0.2, -0.15) is 0 Å². The van der Waals surface area contributed by atoms with Crippen LogP contribution in [-0.4, -0.2) is 0 Å². The SMILES string of the molecule is BrC1=CCC(c2cccc3c2oc2ccccc23)C=C1. The molecule has 0 amide bonds. The number of benzene rings is 2. The van der Waals surface area contributed by atoms with E-state index in [0.29, 0.717) is 5.92 Å². The minimum atomic E-state index is 0.389. The molecule has 0 spiro atoms. The standard InChI is InChI=1S/C18H13BrO/c19-13-10-8-12(9-11-13)14-5-3-6-16-15-4-1-2-7-17(15)20-18(14)16/h1-8,10-12H,9H2. The van der Waals surface area contributed by atoms with Gasteiger partial charge in [-0.15, -0.1) is 0 Å². The van der Waals surface area contributed by atoms with Crippen LogP contribution < -0.4 is 0 Å². The van der Waals surface area contributed by atoms with Gasteiger partial charge in [0.2, 0.25) is 0 Å². The number of furan rings is 1. The molecule has 1 aliphatic carbocycles. The lowest BCUT2D eigenvalue weighted by Gasteiger charge is -2.14. The Balaban J connectivity index is 1.94. The smallest absolute Gasteiger partial charge is 0.139 e. The Morgan fingerprint density at radius 1 is 1.00 bits per heavy atom. The highest BCUT2D eigenvalue weighted by atomic mass is 79.9. The van der Waals surface area contributed by atoms with Crippen LogP contribution in [0.4, 0.5) is 0 Å². The third kappa shape index (κ3) is 1.83. The molecule has 1 aromatic heterocycles. The molecule has 0 aliphatic heterocycles. The van der Waals surface area contributed by atoms with E-state index in [1.807, 2.05) is 12.1 Å². The van der Waals surface area contributed by atoms with Crippen molar-refractivity contribution in [3.63, 3.8) is 0 Å². The summed E-state index contributed by atoms with van der Waals surface area (Å²) in [5.41, 5.74) is 3.26. The van der Waals surface area contributed by atoms with E-state index in [-0.39, 0.29) is 0 Å². The number of hydrogen-bond donors (Lipinski definition) is 0. The number of allylic oxidation sites excluding steroid dienone is 4. The highest BCUT2D eigenvalue weighted by molar-refractivity contribution is 9.11. The van der Waals surface area contributed by atoms with E-state index in [4.69, 9.17) is 4.42 Å². The van der Waals surface area contributed by atoms with Crippen molar-refractivity contribution in [3.8, 4) is 0 Å². The first-order valence-corrected chi connectivity index (χ1v) is 7.56. The monoisotopic (exact) mass is 324 g/mol. The fraction of sp³-hybridized carbons (Fsp3) is 0.111. The number of fused-ring (bicyclic) bond motifs is 3. The van der Waals surface area contributed by atoms with E-state index in [9.17, 15) is 0 Å². The molecule has 0 bridgehead atoms. The van der Waals surface area contributed by atoms with Gasteiger partial charge in [-0.1, -0.05) is 70.6 Å². The first-order valence-electron chi connectivity index (χ1n) is 6.77.